The molecule has 108 valence electrons. The zero-order valence-electron chi connectivity index (χ0n) is 11.8. The van der Waals surface area contributed by atoms with Gasteiger partial charge in [0.05, 0.1) is 0 Å². The molecule has 1 N–H and O–H groups in total. The van der Waals surface area contributed by atoms with E-state index in [-0.39, 0.29) is 12.0 Å². The predicted molar refractivity (Wildman–Crippen MR) is 73.0 cm³/mol. The van der Waals surface area contributed by atoms with Crippen LogP contribution >= 0.6 is 0 Å². The molecule has 1 saturated heterocycles. The molecule has 4 heteroatoms. The topological polar surface area (TPSA) is 57.6 Å². The van der Waals surface area contributed by atoms with E-state index in [9.17, 15) is 14.7 Å². The summed E-state index contributed by atoms with van der Waals surface area (Å²) < 4.78 is 0. The molecular weight excluding hydrogens is 242 g/mol. The Hall–Kier alpha value is -0.900. The third-order valence-corrected chi connectivity index (χ3v) is 4.73. The van der Waals surface area contributed by atoms with Gasteiger partial charge in [0.15, 0.2) is 0 Å². The summed E-state index contributed by atoms with van der Waals surface area (Å²) in [5.74, 6) is -0.288. The lowest BCUT2D eigenvalue weighted by Gasteiger charge is -2.43. The maximum absolute atomic E-state index is 12.1. The number of nitrogens with zero attached hydrogens (tertiary/aromatic N) is 1. The lowest BCUT2D eigenvalue weighted by Crippen LogP contribution is -2.54. The van der Waals surface area contributed by atoms with E-state index in [1.807, 2.05) is 6.92 Å². The molecule has 0 aromatic heterocycles. The summed E-state index contributed by atoms with van der Waals surface area (Å²) in [5.41, 5.74) is 0. The summed E-state index contributed by atoms with van der Waals surface area (Å²) in [6.07, 6.45) is 7.56. The number of aliphatic carboxylic acids is 1. The lowest BCUT2D eigenvalue weighted by molar-refractivity contribution is -0.147. The van der Waals surface area contributed by atoms with Crippen LogP contribution in [0.3, 0.4) is 0 Å². The van der Waals surface area contributed by atoms with E-state index < -0.39 is 12.0 Å². The van der Waals surface area contributed by atoms with Crippen molar-refractivity contribution >= 4 is 11.8 Å². The van der Waals surface area contributed by atoms with Crippen LogP contribution in [0, 0.1) is 5.92 Å². The van der Waals surface area contributed by atoms with Gasteiger partial charge >= 0.3 is 5.97 Å². The molecule has 2 rings (SSSR count). The van der Waals surface area contributed by atoms with Crippen LogP contribution in [0.2, 0.25) is 0 Å². The molecule has 0 bridgehead atoms. The number of hydrogen-bond donors (Lipinski definition) is 1. The number of carbonyl (C=O) groups excluding carboxylic acids is 1. The zero-order chi connectivity index (χ0) is 13.8. The van der Waals surface area contributed by atoms with Crippen molar-refractivity contribution < 1.29 is 14.7 Å². The van der Waals surface area contributed by atoms with Gasteiger partial charge in [0.25, 0.3) is 0 Å². The van der Waals surface area contributed by atoms with Gasteiger partial charge in [-0.1, -0.05) is 19.8 Å². The van der Waals surface area contributed by atoms with Gasteiger partial charge in [0, 0.05) is 18.4 Å². The van der Waals surface area contributed by atoms with Crippen LogP contribution in [0.1, 0.15) is 58.3 Å². The van der Waals surface area contributed by atoms with Crippen molar-refractivity contribution in [3.63, 3.8) is 0 Å². The first kappa shape index (κ1) is 14.5. The van der Waals surface area contributed by atoms with Crippen LogP contribution in [0.4, 0.5) is 0 Å². The summed E-state index contributed by atoms with van der Waals surface area (Å²) >= 11 is 0. The van der Waals surface area contributed by atoms with Crippen LogP contribution < -0.4 is 0 Å². The van der Waals surface area contributed by atoms with Gasteiger partial charge in [-0.15, -0.1) is 0 Å². The Morgan fingerprint density at radius 2 is 2.05 bits per heavy atom. The highest BCUT2D eigenvalue weighted by Gasteiger charge is 2.39. The largest absolute Gasteiger partial charge is 0.480 e. The van der Waals surface area contributed by atoms with E-state index in [0.29, 0.717) is 18.6 Å². The highest BCUT2D eigenvalue weighted by atomic mass is 16.4. The van der Waals surface area contributed by atoms with E-state index in [0.717, 1.165) is 45.1 Å². The summed E-state index contributed by atoms with van der Waals surface area (Å²) in [5, 5.41) is 9.38. The molecule has 4 nitrogen and oxygen atoms in total. The van der Waals surface area contributed by atoms with Crippen molar-refractivity contribution in [2.24, 2.45) is 5.92 Å². The minimum Gasteiger partial charge on any atom is -0.480 e. The van der Waals surface area contributed by atoms with Crippen LogP contribution in [-0.4, -0.2) is 40.4 Å². The second-order valence-electron chi connectivity index (χ2n) is 5.88. The van der Waals surface area contributed by atoms with Gasteiger partial charge in [0.2, 0.25) is 0 Å². The minimum absolute atomic E-state index is 0.0856. The molecule has 19 heavy (non-hydrogen) atoms. The number of ketones is 1. The first-order valence-corrected chi connectivity index (χ1v) is 7.66. The lowest BCUT2D eigenvalue weighted by atomic mass is 9.78. The molecule has 0 spiro atoms. The van der Waals surface area contributed by atoms with E-state index >= 15 is 0 Å². The number of likely N-dealkylation sites (tertiary alicyclic amines) is 1. The number of hydrogen-bond acceptors (Lipinski definition) is 3. The maximum Gasteiger partial charge on any atom is 0.320 e. The van der Waals surface area contributed by atoms with Gasteiger partial charge in [-0.05, 0) is 38.6 Å². The number of carbonyl (C=O) groups is 2. The van der Waals surface area contributed by atoms with Crippen molar-refractivity contribution in [1.29, 1.82) is 0 Å². The van der Waals surface area contributed by atoms with Crippen molar-refractivity contribution in [2.45, 2.75) is 70.4 Å². The molecule has 2 fully saturated rings. The van der Waals surface area contributed by atoms with E-state index in [1.54, 1.807) is 0 Å². The number of carboxylic acid groups (broad SMARTS) is 1. The predicted octanol–water partition coefficient (Wildman–Crippen LogP) is 2.46. The minimum atomic E-state index is -0.738. The van der Waals surface area contributed by atoms with Crippen molar-refractivity contribution in [1.82, 2.24) is 4.90 Å². The second-order valence-corrected chi connectivity index (χ2v) is 5.88. The van der Waals surface area contributed by atoms with E-state index in [2.05, 4.69) is 4.90 Å². The Bertz CT molecular complexity index is 342. The summed E-state index contributed by atoms with van der Waals surface area (Å²) in [6.45, 7) is 2.76. The Morgan fingerprint density at radius 3 is 2.68 bits per heavy atom. The monoisotopic (exact) mass is 267 g/mol. The van der Waals surface area contributed by atoms with Gasteiger partial charge in [-0.2, -0.15) is 0 Å². The average molecular weight is 267 g/mol. The van der Waals surface area contributed by atoms with Crippen LogP contribution in [0.15, 0.2) is 0 Å². The fourth-order valence-corrected chi connectivity index (χ4v) is 3.77. The number of carboxylic acids is 1. The van der Waals surface area contributed by atoms with Crippen LogP contribution in [0.25, 0.3) is 0 Å². The Morgan fingerprint density at radius 1 is 1.32 bits per heavy atom. The van der Waals surface area contributed by atoms with Crippen LogP contribution in [0.5, 0.6) is 0 Å². The maximum atomic E-state index is 12.1. The quantitative estimate of drug-likeness (QED) is 0.850. The second kappa shape index (κ2) is 6.51. The number of Topliss-reactive ketones (excluding diaryl/α,β-unsaturated/α-hetero) is 1. The van der Waals surface area contributed by atoms with Gasteiger partial charge < -0.3 is 5.11 Å². The summed E-state index contributed by atoms with van der Waals surface area (Å²) in [7, 11) is 0. The van der Waals surface area contributed by atoms with E-state index in [1.165, 1.54) is 0 Å². The average Bonchev–Trinajstić information content (AvgIpc) is 2.40. The first-order chi connectivity index (χ1) is 9.15. The third kappa shape index (κ3) is 3.16. The SMILES string of the molecule is CCC(C(=O)O)N1CCCCC1C1CCCCC1=O. The van der Waals surface area contributed by atoms with Crippen molar-refractivity contribution in [2.75, 3.05) is 6.54 Å². The molecule has 0 aromatic rings. The molecule has 2 aliphatic rings. The third-order valence-electron chi connectivity index (χ3n) is 4.73. The number of rotatable bonds is 4. The Kier molecular flexibility index (Phi) is 4.97. The molecule has 0 radical (unpaired) electrons. The molecular formula is C15H25NO3. The summed E-state index contributed by atoms with van der Waals surface area (Å²) in [4.78, 5) is 25.7. The Balaban J connectivity index is 2.14. The summed E-state index contributed by atoms with van der Waals surface area (Å²) in [6, 6.07) is -0.248. The fraction of sp³-hybridized carbons (Fsp3) is 0.867. The fourth-order valence-electron chi connectivity index (χ4n) is 3.77. The first-order valence-electron chi connectivity index (χ1n) is 7.66. The van der Waals surface area contributed by atoms with Crippen molar-refractivity contribution in [3.05, 3.63) is 0 Å². The molecule has 1 aliphatic carbocycles. The van der Waals surface area contributed by atoms with Gasteiger partial charge in [-0.25, -0.2) is 0 Å². The van der Waals surface area contributed by atoms with Gasteiger partial charge in [-0.3, -0.25) is 14.5 Å². The molecule has 0 amide bonds. The normalized spacial score (nSPS) is 31.1. The van der Waals surface area contributed by atoms with Crippen molar-refractivity contribution in [3.8, 4) is 0 Å². The highest BCUT2D eigenvalue weighted by Crippen LogP contribution is 2.33. The smallest absolute Gasteiger partial charge is 0.320 e. The highest BCUT2D eigenvalue weighted by molar-refractivity contribution is 5.82. The Labute approximate surface area is 115 Å². The van der Waals surface area contributed by atoms with Crippen LogP contribution in [-0.2, 0) is 9.59 Å². The van der Waals surface area contributed by atoms with E-state index in [4.69, 9.17) is 0 Å². The standard InChI is InChI=1S/C15H25NO3/c1-2-12(15(18)19)16-10-6-5-8-13(16)11-7-3-4-9-14(11)17/h11-13H,2-10H2,1H3,(H,18,19). The number of piperidine rings is 1. The molecule has 0 aromatic carbocycles. The molecule has 3 atom stereocenters. The zero-order valence-corrected chi connectivity index (χ0v) is 11.8. The molecule has 1 saturated carbocycles. The molecule has 3 unspecified atom stereocenters. The molecule has 1 aliphatic heterocycles. The molecule has 1 heterocycles. The van der Waals surface area contributed by atoms with Gasteiger partial charge in [0.1, 0.15) is 11.8 Å².